The number of hydrogen-bond acceptors (Lipinski definition) is 1. The Hall–Kier alpha value is -2.59. The minimum absolute atomic E-state index is 0.0442. The van der Waals surface area contributed by atoms with E-state index in [9.17, 15) is 4.79 Å². The molecule has 0 aromatic heterocycles. The second-order valence-corrected chi connectivity index (χ2v) is 8.33. The molecule has 1 saturated carbocycles. The molecule has 150 valence electrons. The highest BCUT2D eigenvalue weighted by molar-refractivity contribution is 5.94. The third-order valence-corrected chi connectivity index (χ3v) is 6.32. The van der Waals surface area contributed by atoms with Gasteiger partial charge in [0.25, 0.3) is 0 Å². The van der Waals surface area contributed by atoms with Crippen molar-refractivity contribution < 1.29 is 4.79 Å². The molecule has 1 heteroatoms. The van der Waals surface area contributed by atoms with Gasteiger partial charge in [-0.05, 0) is 79.0 Å². The molecule has 1 nitrogen and oxygen atoms in total. The van der Waals surface area contributed by atoms with Gasteiger partial charge < -0.3 is 0 Å². The summed E-state index contributed by atoms with van der Waals surface area (Å²) in [4.78, 5) is 11.7. The summed E-state index contributed by atoms with van der Waals surface area (Å²) in [5, 5.41) is 0. The van der Waals surface area contributed by atoms with Crippen LogP contribution >= 0.6 is 0 Å². The van der Waals surface area contributed by atoms with E-state index in [4.69, 9.17) is 0 Å². The van der Waals surface area contributed by atoms with Gasteiger partial charge in [-0.25, -0.2) is 0 Å². The quantitative estimate of drug-likeness (QED) is 0.386. The number of carbonyl (C=O) groups excluding carboxylic acids is 1. The van der Waals surface area contributed by atoms with E-state index in [1.165, 1.54) is 50.2 Å². The lowest BCUT2D eigenvalue weighted by molar-refractivity contribution is -0.115. The zero-order valence-corrected chi connectivity index (χ0v) is 17.8. The fourth-order valence-electron chi connectivity index (χ4n) is 4.37. The number of ketones is 1. The average Bonchev–Trinajstić information content (AvgIpc) is 2.78. The van der Waals surface area contributed by atoms with Crippen molar-refractivity contribution in [1.82, 2.24) is 0 Å². The first kappa shape index (κ1) is 21.1. The van der Waals surface area contributed by atoms with Gasteiger partial charge in [0.2, 0.25) is 0 Å². The third-order valence-electron chi connectivity index (χ3n) is 6.32. The summed E-state index contributed by atoms with van der Waals surface area (Å²) in [6, 6.07) is 16.8. The lowest BCUT2D eigenvalue weighted by atomic mass is 9.77. The van der Waals surface area contributed by atoms with E-state index in [1.807, 2.05) is 31.2 Å². The van der Waals surface area contributed by atoms with Crippen molar-refractivity contribution in [1.29, 1.82) is 0 Å². The Morgan fingerprint density at radius 1 is 1.00 bits per heavy atom. The first-order valence-corrected chi connectivity index (χ1v) is 11.0. The van der Waals surface area contributed by atoms with E-state index in [-0.39, 0.29) is 11.7 Å². The molecule has 0 bridgehead atoms. The van der Waals surface area contributed by atoms with Crippen molar-refractivity contribution in [2.45, 2.75) is 64.2 Å². The van der Waals surface area contributed by atoms with Crippen LogP contribution in [-0.4, -0.2) is 5.78 Å². The zero-order valence-electron chi connectivity index (χ0n) is 17.8. The van der Waals surface area contributed by atoms with Gasteiger partial charge in [0.1, 0.15) is 0 Å². The van der Waals surface area contributed by atoms with Crippen molar-refractivity contribution in [3.8, 4) is 11.8 Å². The molecule has 3 rings (SSSR count). The molecule has 0 radical (unpaired) electrons. The van der Waals surface area contributed by atoms with Crippen LogP contribution in [0.4, 0.5) is 0 Å². The number of benzene rings is 2. The molecule has 0 amide bonds. The summed E-state index contributed by atoms with van der Waals surface area (Å²) in [6.45, 7) is 7.76. The van der Waals surface area contributed by atoms with Crippen molar-refractivity contribution in [2.24, 2.45) is 5.92 Å². The molecular formula is C28H32O. The molecule has 0 saturated heterocycles. The molecule has 29 heavy (non-hydrogen) atoms. The van der Waals surface area contributed by atoms with Crippen molar-refractivity contribution in [3.05, 3.63) is 83.4 Å². The van der Waals surface area contributed by atoms with E-state index in [2.05, 4.69) is 49.6 Å². The lowest BCUT2D eigenvalue weighted by Gasteiger charge is -2.28. The Balaban J connectivity index is 1.60. The second kappa shape index (κ2) is 10.3. The van der Waals surface area contributed by atoms with Crippen molar-refractivity contribution in [3.63, 3.8) is 0 Å². The van der Waals surface area contributed by atoms with Crippen molar-refractivity contribution >= 4 is 5.78 Å². The Labute approximate surface area is 176 Å². The SMILES string of the molecule is C=CC(=O)C(C)c1ccc(C#Cc2ccc(C3CCC(CCC)CC3)cc2)cc1. The van der Waals surface area contributed by atoms with Crippen LogP contribution in [0.25, 0.3) is 0 Å². The monoisotopic (exact) mass is 384 g/mol. The molecule has 1 unspecified atom stereocenters. The van der Waals surface area contributed by atoms with Crippen LogP contribution in [0.2, 0.25) is 0 Å². The maximum Gasteiger partial charge on any atom is 0.162 e. The Morgan fingerprint density at radius 2 is 1.55 bits per heavy atom. The number of carbonyl (C=O) groups is 1. The standard InChI is InChI=1S/C28H32O/c1-4-6-22-11-17-26(18-12-22)27-19-13-24(14-20-27)8-7-23-9-15-25(16-10-23)21(3)28(29)5-2/h5,9-10,13-16,19-22,26H,2,4,6,11-12,17-18H2,1,3H3. The van der Waals surface area contributed by atoms with Crippen LogP contribution in [0, 0.1) is 17.8 Å². The lowest BCUT2D eigenvalue weighted by Crippen LogP contribution is -2.13. The van der Waals surface area contributed by atoms with E-state index >= 15 is 0 Å². The molecule has 0 N–H and O–H groups in total. The van der Waals surface area contributed by atoms with Gasteiger partial charge in [-0.2, -0.15) is 0 Å². The first-order chi connectivity index (χ1) is 14.1. The van der Waals surface area contributed by atoms with Gasteiger partial charge in [0.15, 0.2) is 5.78 Å². The molecule has 1 aliphatic carbocycles. The number of rotatable bonds is 6. The van der Waals surface area contributed by atoms with Crippen LogP contribution in [-0.2, 0) is 4.79 Å². The molecule has 1 aliphatic rings. The van der Waals surface area contributed by atoms with Crippen LogP contribution in [0.3, 0.4) is 0 Å². The minimum atomic E-state index is -0.154. The normalized spacial score (nSPS) is 19.7. The number of allylic oxidation sites excluding steroid dienone is 1. The van der Waals surface area contributed by atoms with Crippen molar-refractivity contribution in [2.75, 3.05) is 0 Å². The number of hydrogen-bond donors (Lipinski definition) is 0. The van der Waals surface area contributed by atoms with Gasteiger partial charge >= 0.3 is 0 Å². The fourth-order valence-corrected chi connectivity index (χ4v) is 4.37. The summed E-state index contributed by atoms with van der Waals surface area (Å²) in [6.07, 6.45) is 9.52. The zero-order chi connectivity index (χ0) is 20.6. The second-order valence-electron chi connectivity index (χ2n) is 8.33. The molecule has 0 spiro atoms. The van der Waals surface area contributed by atoms with E-state index in [1.54, 1.807) is 0 Å². The van der Waals surface area contributed by atoms with E-state index < -0.39 is 0 Å². The highest BCUT2D eigenvalue weighted by atomic mass is 16.1. The first-order valence-electron chi connectivity index (χ1n) is 11.0. The molecule has 0 heterocycles. The maximum absolute atomic E-state index is 11.7. The minimum Gasteiger partial charge on any atom is -0.294 e. The van der Waals surface area contributed by atoms with Gasteiger partial charge in [-0.15, -0.1) is 0 Å². The third kappa shape index (κ3) is 5.70. The van der Waals surface area contributed by atoms with Crippen LogP contribution < -0.4 is 0 Å². The summed E-state index contributed by atoms with van der Waals surface area (Å²) in [5.74, 6) is 8.06. The van der Waals surface area contributed by atoms with Gasteiger partial charge in [-0.3, -0.25) is 4.79 Å². The average molecular weight is 385 g/mol. The van der Waals surface area contributed by atoms with E-state index in [0.29, 0.717) is 0 Å². The molecule has 2 aromatic carbocycles. The Kier molecular flexibility index (Phi) is 7.48. The van der Waals surface area contributed by atoms with Gasteiger partial charge in [0, 0.05) is 17.0 Å². The Morgan fingerprint density at radius 3 is 2.07 bits per heavy atom. The van der Waals surface area contributed by atoms with E-state index in [0.717, 1.165) is 28.5 Å². The smallest absolute Gasteiger partial charge is 0.162 e. The predicted octanol–water partition coefficient (Wildman–Crippen LogP) is 7.02. The van der Waals surface area contributed by atoms with Crippen LogP contribution in [0.1, 0.15) is 86.5 Å². The summed E-state index contributed by atoms with van der Waals surface area (Å²) < 4.78 is 0. The molecule has 0 aliphatic heterocycles. The predicted molar refractivity (Wildman–Crippen MR) is 122 cm³/mol. The summed E-state index contributed by atoms with van der Waals surface area (Å²) >= 11 is 0. The summed E-state index contributed by atoms with van der Waals surface area (Å²) in [5.41, 5.74) is 4.48. The molecule has 2 aromatic rings. The highest BCUT2D eigenvalue weighted by Crippen LogP contribution is 2.37. The maximum atomic E-state index is 11.7. The molecule has 1 fully saturated rings. The fraction of sp³-hybridized carbons (Fsp3) is 0.393. The van der Waals surface area contributed by atoms with Gasteiger partial charge in [0.05, 0.1) is 0 Å². The van der Waals surface area contributed by atoms with Crippen LogP contribution in [0.15, 0.2) is 61.2 Å². The molecule has 1 atom stereocenters. The Bertz CT molecular complexity index is 869. The highest BCUT2D eigenvalue weighted by Gasteiger charge is 2.21. The van der Waals surface area contributed by atoms with Crippen LogP contribution in [0.5, 0.6) is 0 Å². The molecular weight excluding hydrogens is 352 g/mol. The summed E-state index contributed by atoms with van der Waals surface area (Å²) in [7, 11) is 0. The van der Waals surface area contributed by atoms with Gasteiger partial charge in [-0.1, -0.05) is 69.4 Å². The topological polar surface area (TPSA) is 17.1 Å². The largest absolute Gasteiger partial charge is 0.294 e.